The molecule has 0 aliphatic heterocycles. The Morgan fingerprint density at radius 1 is 1.13 bits per heavy atom. The van der Waals surface area contributed by atoms with Crippen molar-refractivity contribution in [3.8, 4) is 0 Å². The molecule has 1 amide bonds. The molecular formula is C17H16N2O3S. The minimum Gasteiger partial charge on any atom is -0.352 e. The first-order valence-electron chi connectivity index (χ1n) is 7.04. The van der Waals surface area contributed by atoms with E-state index in [4.69, 9.17) is 0 Å². The maximum Gasteiger partial charge on any atom is 0.276 e. The Labute approximate surface area is 138 Å². The first kappa shape index (κ1) is 16.8. The van der Waals surface area contributed by atoms with E-state index in [1.807, 2.05) is 30.3 Å². The Kier molecular flexibility index (Phi) is 6.38. The van der Waals surface area contributed by atoms with Crippen molar-refractivity contribution in [2.75, 3.05) is 12.3 Å². The molecule has 0 unspecified atom stereocenters. The number of benzene rings is 2. The highest BCUT2D eigenvalue weighted by Crippen LogP contribution is 2.19. The van der Waals surface area contributed by atoms with E-state index in [-0.39, 0.29) is 11.6 Å². The van der Waals surface area contributed by atoms with Gasteiger partial charge in [0.15, 0.2) is 0 Å². The summed E-state index contributed by atoms with van der Waals surface area (Å²) >= 11 is 1.66. The van der Waals surface area contributed by atoms with Crippen molar-refractivity contribution in [3.05, 3.63) is 76.4 Å². The van der Waals surface area contributed by atoms with E-state index in [0.29, 0.717) is 12.1 Å². The zero-order chi connectivity index (χ0) is 16.5. The van der Waals surface area contributed by atoms with Crippen LogP contribution in [0.5, 0.6) is 0 Å². The number of thioether (sulfide) groups is 1. The third-order valence-corrected chi connectivity index (χ3v) is 3.97. The average Bonchev–Trinajstić information content (AvgIpc) is 2.58. The Morgan fingerprint density at radius 3 is 2.57 bits per heavy atom. The maximum absolute atomic E-state index is 11.7. The zero-order valence-corrected chi connectivity index (χ0v) is 13.2. The number of nitrogens with one attached hydrogen (secondary N) is 1. The number of nitrogens with zero attached hydrogens (tertiary/aromatic N) is 1. The second kappa shape index (κ2) is 8.75. The number of nitro benzene ring substituents is 1. The Morgan fingerprint density at radius 2 is 1.83 bits per heavy atom. The molecule has 0 saturated carbocycles. The molecule has 0 heterocycles. The van der Waals surface area contributed by atoms with E-state index < -0.39 is 4.92 Å². The Hall–Kier alpha value is -2.60. The van der Waals surface area contributed by atoms with Gasteiger partial charge in [-0.25, -0.2) is 0 Å². The SMILES string of the molecule is O=C(/C=C/c1ccccc1[N+](=O)[O-])NCCSc1ccccc1. The number of carbonyl (C=O) groups is 1. The molecule has 0 aromatic heterocycles. The lowest BCUT2D eigenvalue weighted by molar-refractivity contribution is -0.385. The third kappa shape index (κ3) is 5.60. The molecule has 23 heavy (non-hydrogen) atoms. The largest absolute Gasteiger partial charge is 0.352 e. The first-order valence-corrected chi connectivity index (χ1v) is 8.02. The fourth-order valence-corrected chi connectivity index (χ4v) is 2.67. The van der Waals surface area contributed by atoms with Crippen LogP contribution in [0.3, 0.4) is 0 Å². The van der Waals surface area contributed by atoms with Crippen LogP contribution in [0.1, 0.15) is 5.56 Å². The normalized spacial score (nSPS) is 10.6. The molecule has 2 aromatic carbocycles. The fourth-order valence-electron chi connectivity index (χ4n) is 1.88. The number of nitro groups is 1. The van der Waals surface area contributed by atoms with Crippen LogP contribution in [-0.2, 0) is 4.79 Å². The van der Waals surface area contributed by atoms with Crippen LogP contribution in [0.15, 0.2) is 65.6 Å². The summed E-state index contributed by atoms with van der Waals surface area (Å²) in [5.74, 6) is 0.492. The van der Waals surface area contributed by atoms with E-state index in [2.05, 4.69) is 5.32 Å². The summed E-state index contributed by atoms with van der Waals surface area (Å²) in [5, 5.41) is 13.6. The van der Waals surface area contributed by atoms with Gasteiger partial charge in [-0.2, -0.15) is 0 Å². The molecule has 0 bridgehead atoms. The molecule has 0 fully saturated rings. The van der Waals surface area contributed by atoms with Crippen molar-refractivity contribution < 1.29 is 9.72 Å². The van der Waals surface area contributed by atoms with Gasteiger partial charge in [-0.1, -0.05) is 30.3 Å². The molecule has 118 valence electrons. The highest BCUT2D eigenvalue weighted by molar-refractivity contribution is 7.99. The molecule has 1 N–H and O–H groups in total. The molecule has 0 atom stereocenters. The Bertz CT molecular complexity index is 702. The summed E-state index contributed by atoms with van der Waals surface area (Å²) in [4.78, 5) is 23.3. The van der Waals surface area contributed by atoms with Crippen LogP contribution in [0.25, 0.3) is 6.08 Å². The highest BCUT2D eigenvalue weighted by atomic mass is 32.2. The van der Waals surface area contributed by atoms with E-state index in [1.54, 1.807) is 30.0 Å². The van der Waals surface area contributed by atoms with Crippen LogP contribution in [0.2, 0.25) is 0 Å². The molecular weight excluding hydrogens is 312 g/mol. The summed E-state index contributed by atoms with van der Waals surface area (Å²) in [6.07, 6.45) is 2.77. The number of para-hydroxylation sites is 1. The van der Waals surface area contributed by atoms with Gasteiger partial charge in [-0.3, -0.25) is 14.9 Å². The summed E-state index contributed by atoms with van der Waals surface area (Å²) in [5.41, 5.74) is 0.391. The van der Waals surface area contributed by atoms with Crippen molar-refractivity contribution >= 4 is 29.4 Å². The second-order valence-electron chi connectivity index (χ2n) is 4.60. The Balaban J connectivity index is 1.80. The highest BCUT2D eigenvalue weighted by Gasteiger charge is 2.09. The maximum atomic E-state index is 11.7. The predicted octanol–water partition coefficient (Wildman–Crippen LogP) is 3.52. The van der Waals surface area contributed by atoms with Gasteiger partial charge in [0.2, 0.25) is 5.91 Å². The van der Waals surface area contributed by atoms with E-state index in [0.717, 1.165) is 10.6 Å². The van der Waals surface area contributed by atoms with Crippen LogP contribution < -0.4 is 5.32 Å². The van der Waals surface area contributed by atoms with Gasteiger partial charge in [0.05, 0.1) is 10.5 Å². The molecule has 0 radical (unpaired) electrons. The number of hydrogen-bond donors (Lipinski definition) is 1. The summed E-state index contributed by atoms with van der Waals surface area (Å²) < 4.78 is 0. The lowest BCUT2D eigenvalue weighted by atomic mass is 10.1. The molecule has 5 nitrogen and oxygen atoms in total. The average molecular weight is 328 g/mol. The van der Waals surface area contributed by atoms with E-state index in [1.165, 1.54) is 18.2 Å². The summed E-state index contributed by atoms with van der Waals surface area (Å²) in [7, 11) is 0. The minimum absolute atomic E-state index is 0.0174. The number of carbonyl (C=O) groups excluding carboxylic acids is 1. The molecule has 0 saturated heterocycles. The van der Waals surface area contributed by atoms with Crippen LogP contribution >= 0.6 is 11.8 Å². The topological polar surface area (TPSA) is 72.2 Å². The lowest BCUT2D eigenvalue weighted by Crippen LogP contribution is -2.23. The van der Waals surface area contributed by atoms with Gasteiger partial charge in [0.25, 0.3) is 5.69 Å². The van der Waals surface area contributed by atoms with E-state index in [9.17, 15) is 14.9 Å². The lowest BCUT2D eigenvalue weighted by Gasteiger charge is -2.02. The van der Waals surface area contributed by atoms with Crippen molar-refractivity contribution in [1.29, 1.82) is 0 Å². The van der Waals surface area contributed by atoms with Gasteiger partial charge < -0.3 is 5.32 Å². The first-order chi connectivity index (χ1) is 11.2. The third-order valence-electron chi connectivity index (χ3n) is 2.96. The quantitative estimate of drug-likeness (QED) is 0.277. The van der Waals surface area contributed by atoms with Gasteiger partial charge in [0.1, 0.15) is 0 Å². The van der Waals surface area contributed by atoms with Crippen molar-refractivity contribution in [2.45, 2.75) is 4.90 Å². The molecule has 0 aliphatic carbocycles. The fraction of sp³-hybridized carbons (Fsp3) is 0.118. The zero-order valence-electron chi connectivity index (χ0n) is 12.3. The molecule has 6 heteroatoms. The number of amides is 1. The molecule has 0 spiro atoms. The second-order valence-corrected chi connectivity index (χ2v) is 5.77. The van der Waals surface area contributed by atoms with Gasteiger partial charge >= 0.3 is 0 Å². The molecule has 2 aromatic rings. The van der Waals surface area contributed by atoms with Crippen molar-refractivity contribution in [3.63, 3.8) is 0 Å². The van der Waals surface area contributed by atoms with Gasteiger partial charge in [0, 0.05) is 29.3 Å². The minimum atomic E-state index is -0.464. The number of hydrogen-bond acceptors (Lipinski definition) is 4. The molecule has 0 aliphatic rings. The van der Waals surface area contributed by atoms with Gasteiger partial charge in [-0.15, -0.1) is 11.8 Å². The van der Waals surface area contributed by atoms with Crippen LogP contribution in [-0.4, -0.2) is 23.1 Å². The van der Waals surface area contributed by atoms with Crippen molar-refractivity contribution in [1.82, 2.24) is 5.32 Å². The standard InChI is InChI=1S/C17H16N2O3S/c20-17(18-12-13-23-15-7-2-1-3-8-15)11-10-14-6-4-5-9-16(14)19(21)22/h1-11H,12-13H2,(H,18,20)/b11-10+. The smallest absolute Gasteiger partial charge is 0.276 e. The molecule has 2 rings (SSSR count). The van der Waals surface area contributed by atoms with Crippen LogP contribution in [0.4, 0.5) is 5.69 Å². The number of rotatable bonds is 7. The summed E-state index contributed by atoms with van der Waals surface area (Å²) in [6, 6.07) is 16.2. The van der Waals surface area contributed by atoms with E-state index >= 15 is 0 Å². The monoisotopic (exact) mass is 328 g/mol. The summed E-state index contributed by atoms with van der Waals surface area (Å²) in [6.45, 7) is 0.527. The van der Waals surface area contributed by atoms with Crippen LogP contribution in [0, 0.1) is 10.1 Å². The predicted molar refractivity (Wildman–Crippen MR) is 92.3 cm³/mol. The van der Waals surface area contributed by atoms with Gasteiger partial charge in [-0.05, 0) is 24.3 Å². The van der Waals surface area contributed by atoms with Crippen molar-refractivity contribution in [2.24, 2.45) is 0 Å².